The molecule has 2 atom stereocenters. The molecule has 1 rings (SSSR count). The van der Waals surface area contributed by atoms with Crippen molar-refractivity contribution in [3.05, 3.63) is 0 Å². The Labute approximate surface area is 66.4 Å². The maximum absolute atomic E-state index is 10.7. The zero-order chi connectivity index (χ0) is 8.27. The highest BCUT2D eigenvalue weighted by molar-refractivity contribution is 5.71. The molecule has 0 saturated carbocycles. The van der Waals surface area contributed by atoms with Crippen LogP contribution in [0.1, 0.15) is 26.2 Å². The number of aliphatic hydroxyl groups is 1. The lowest BCUT2D eigenvalue weighted by molar-refractivity contribution is -0.141. The molecule has 1 aliphatic heterocycles. The molecule has 0 aromatic heterocycles. The molecule has 0 aromatic carbocycles. The van der Waals surface area contributed by atoms with Gasteiger partial charge in [-0.2, -0.15) is 0 Å². The van der Waals surface area contributed by atoms with Crippen LogP contribution < -0.4 is 0 Å². The molecule has 0 aliphatic carbocycles. The fourth-order valence-corrected chi connectivity index (χ4v) is 1.36. The monoisotopic (exact) mass is 158 g/mol. The van der Waals surface area contributed by atoms with Crippen LogP contribution in [0.4, 0.5) is 0 Å². The fraction of sp³-hybridized carbons (Fsp3) is 0.875. The highest BCUT2D eigenvalue weighted by Crippen LogP contribution is 2.24. The average molecular weight is 158 g/mol. The zero-order valence-corrected chi connectivity index (χ0v) is 6.75. The van der Waals surface area contributed by atoms with Gasteiger partial charge in [-0.15, -0.1) is 0 Å². The van der Waals surface area contributed by atoms with E-state index in [2.05, 4.69) is 0 Å². The van der Waals surface area contributed by atoms with E-state index in [4.69, 9.17) is 9.84 Å². The number of hydrogen-bond donors (Lipinski definition) is 1. The third-order valence-corrected chi connectivity index (χ3v) is 2.05. The first kappa shape index (κ1) is 8.53. The van der Waals surface area contributed by atoms with Crippen molar-refractivity contribution in [3.63, 3.8) is 0 Å². The van der Waals surface area contributed by atoms with Gasteiger partial charge in [0, 0.05) is 12.5 Å². The van der Waals surface area contributed by atoms with Crippen molar-refractivity contribution >= 4 is 5.97 Å². The van der Waals surface area contributed by atoms with Crippen molar-refractivity contribution in [2.45, 2.75) is 32.3 Å². The molecule has 1 heterocycles. The van der Waals surface area contributed by atoms with Crippen LogP contribution in [0.3, 0.4) is 0 Å². The van der Waals surface area contributed by atoms with Crippen LogP contribution in [0.15, 0.2) is 0 Å². The van der Waals surface area contributed by atoms with E-state index in [0.29, 0.717) is 12.3 Å². The molecule has 11 heavy (non-hydrogen) atoms. The van der Waals surface area contributed by atoms with E-state index in [1.165, 1.54) is 0 Å². The van der Waals surface area contributed by atoms with Gasteiger partial charge in [-0.3, -0.25) is 4.79 Å². The number of rotatable bonds is 3. The van der Waals surface area contributed by atoms with Gasteiger partial charge in [0.05, 0.1) is 6.42 Å². The van der Waals surface area contributed by atoms with Crippen LogP contribution in [0.5, 0.6) is 0 Å². The summed E-state index contributed by atoms with van der Waals surface area (Å²) in [6.07, 6.45) is 2.11. The van der Waals surface area contributed by atoms with E-state index in [1.54, 1.807) is 0 Å². The molecular formula is C8H14O3. The minimum atomic E-state index is -0.0968. The second kappa shape index (κ2) is 3.72. The number of carbonyl (C=O) groups is 1. The van der Waals surface area contributed by atoms with Gasteiger partial charge < -0.3 is 9.84 Å². The molecule has 0 radical (unpaired) electrons. The summed E-state index contributed by atoms with van der Waals surface area (Å²) in [5, 5.41) is 8.54. The molecular weight excluding hydrogens is 144 g/mol. The van der Waals surface area contributed by atoms with Crippen LogP contribution >= 0.6 is 0 Å². The minimum Gasteiger partial charge on any atom is -0.462 e. The van der Waals surface area contributed by atoms with Crippen LogP contribution in [0.25, 0.3) is 0 Å². The van der Waals surface area contributed by atoms with Gasteiger partial charge in [0.25, 0.3) is 0 Å². The lowest BCUT2D eigenvalue weighted by Crippen LogP contribution is -2.13. The number of carbonyl (C=O) groups excluding carboxylic acids is 1. The zero-order valence-electron chi connectivity index (χ0n) is 6.75. The van der Waals surface area contributed by atoms with Gasteiger partial charge in [-0.25, -0.2) is 0 Å². The van der Waals surface area contributed by atoms with Gasteiger partial charge in [-0.05, 0) is 12.8 Å². The molecule has 0 aromatic rings. The molecule has 1 saturated heterocycles. The second-order valence-electron chi connectivity index (χ2n) is 3.08. The van der Waals surface area contributed by atoms with E-state index in [-0.39, 0.29) is 18.7 Å². The minimum absolute atomic E-state index is 0.0506. The lowest BCUT2D eigenvalue weighted by Gasteiger charge is -2.11. The second-order valence-corrected chi connectivity index (χ2v) is 3.08. The standard InChI is InChI=1S/C8H14O3/c1-6-5-8(10)11-7(6)3-2-4-9/h6-7,9H,2-5H2,1H3/t6-,7-/m1/s1. The Morgan fingerprint density at radius 1 is 1.73 bits per heavy atom. The van der Waals surface area contributed by atoms with Gasteiger partial charge >= 0.3 is 5.97 Å². The van der Waals surface area contributed by atoms with Crippen molar-refractivity contribution in [1.29, 1.82) is 0 Å². The van der Waals surface area contributed by atoms with Gasteiger partial charge in [-0.1, -0.05) is 6.92 Å². The SMILES string of the molecule is C[C@@H]1CC(=O)O[C@@H]1CCCO. The number of esters is 1. The largest absolute Gasteiger partial charge is 0.462 e. The number of ether oxygens (including phenoxy) is 1. The summed E-state index contributed by atoms with van der Waals surface area (Å²) < 4.78 is 5.03. The topological polar surface area (TPSA) is 46.5 Å². The highest BCUT2D eigenvalue weighted by Gasteiger charge is 2.30. The normalized spacial score (nSPS) is 30.5. The van der Waals surface area contributed by atoms with E-state index in [0.717, 1.165) is 12.8 Å². The van der Waals surface area contributed by atoms with Gasteiger partial charge in [0.2, 0.25) is 0 Å². The summed E-state index contributed by atoms with van der Waals surface area (Å²) in [4.78, 5) is 10.7. The van der Waals surface area contributed by atoms with Gasteiger partial charge in [0.15, 0.2) is 0 Å². The summed E-state index contributed by atoms with van der Waals surface area (Å²) >= 11 is 0. The molecule has 64 valence electrons. The summed E-state index contributed by atoms with van der Waals surface area (Å²) in [5.74, 6) is 0.231. The molecule has 0 amide bonds. The fourth-order valence-electron chi connectivity index (χ4n) is 1.36. The Hall–Kier alpha value is -0.570. The van der Waals surface area contributed by atoms with Crippen LogP contribution in [-0.2, 0) is 9.53 Å². The molecule has 0 spiro atoms. The summed E-state index contributed by atoms with van der Waals surface area (Å²) in [5.41, 5.74) is 0. The Kier molecular flexibility index (Phi) is 2.88. The summed E-state index contributed by atoms with van der Waals surface area (Å²) in [6, 6.07) is 0. The van der Waals surface area contributed by atoms with E-state index >= 15 is 0 Å². The molecule has 1 aliphatic rings. The van der Waals surface area contributed by atoms with Crippen LogP contribution in [-0.4, -0.2) is 23.8 Å². The first-order valence-corrected chi connectivity index (χ1v) is 4.04. The van der Waals surface area contributed by atoms with E-state index in [1.807, 2.05) is 6.92 Å². The van der Waals surface area contributed by atoms with Crippen molar-refractivity contribution in [3.8, 4) is 0 Å². The lowest BCUT2D eigenvalue weighted by atomic mass is 10.0. The smallest absolute Gasteiger partial charge is 0.306 e. The van der Waals surface area contributed by atoms with E-state index in [9.17, 15) is 4.79 Å². The van der Waals surface area contributed by atoms with Crippen molar-refractivity contribution in [2.75, 3.05) is 6.61 Å². The van der Waals surface area contributed by atoms with Crippen molar-refractivity contribution in [1.82, 2.24) is 0 Å². The van der Waals surface area contributed by atoms with Crippen molar-refractivity contribution in [2.24, 2.45) is 5.92 Å². The highest BCUT2D eigenvalue weighted by atomic mass is 16.5. The predicted molar refractivity (Wildman–Crippen MR) is 40.0 cm³/mol. The average Bonchev–Trinajstić information content (AvgIpc) is 2.26. The number of aliphatic hydroxyl groups excluding tert-OH is 1. The van der Waals surface area contributed by atoms with Crippen LogP contribution in [0, 0.1) is 5.92 Å². The molecule has 0 unspecified atom stereocenters. The first-order valence-electron chi connectivity index (χ1n) is 4.04. The third kappa shape index (κ3) is 2.19. The van der Waals surface area contributed by atoms with Crippen molar-refractivity contribution < 1.29 is 14.6 Å². The Morgan fingerprint density at radius 2 is 2.45 bits per heavy atom. The third-order valence-electron chi connectivity index (χ3n) is 2.05. The molecule has 0 bridgehead atoms. The number of hydrogen-bond acceptors (Lipinski definition) is 3. The molecule has 3 heteroatoms. The Bertz CT molecular complexity index is 144. The molecule has 1 N–H and O–H groups in total. The predicted octanol–water partition coefficient (Wildman–Crippen LogP) is 0.710. The van der Waals surface area contributed by atoms with E-state index < -0.39 is 0 Å². The molecule has 3 nitrogen and oxygen atoms in total. The van der Waals surface area contributed by atoms with Crippen LogP contribution in [0.2, 0.25) is 0 Å². The van der Waals surface area contributed by atoms with Gasteiger partial charge in [0.1, 0.15) is 6.10 Å². The summed E-state index contributed by atoms with van der Waals surface area (Å²) in [6.45, 7) is 2.19. The first-order chi connectivity index (χ1) is 5.24. The Morgan fingerprint density at radius 3 is 2.91 bits per heavy atom. The maximum Gasteiger partial charge on any atom is 0.306 e. The maximum atomic E-state index is 10.7. The Balaban J connectivity index is 2.28. The molecule has 1 fully saturated rings. The summed E-state index contributed by atoms with van der Waals surface area (Å²) in [7, 11) is 0. The quantitative estimate of drug-likeness (QED) is 0.615. The number of cyclic esters (lactones) is 1.